The van der Waals surface area contributed by atoms with Gasteiger partial charge in [-0.05, 0) is 43.9 Å². The Balaban J connectivity index is 1.73. The van der Waals surface area contributed by atoms with E-state index < -0.39 is 6.04 Å². The van der Waals surface area contributed by atoms with E-state index in [1.54, 1.807) is 0 Å². The molecule has 5 rings (SSSR count). The summed E-state index contributed by atoms with van der Waals surface area (Å²) < 4.78 is 2.04. The molecule has 30 heavy (non-hydrogen) atoms. The van der Waals surface area contributed by atoms with Crippen molar-refractivity contribution in [3.8, 4) is 0 Å². The third-order valence-electron chi connectivity index (χ3n) is 5.75. The molecule has 0 unspecified atom stereocenters. The number of thiophene rings is 1. The highest BCUT2D eigenvalue weighted by Gasteiger charge is 2.31. The number of hydrogen-bond donors (Lipinski definition) is 0. The molecule has 1 aliphatic rings. The fourth-order valence-electron chi connectivity index (χ4n) is 4.33. The minimum Gasteiger partial charge on any atom is -0.341 e. The lowest BCUT2D eigenvalue weighted by atomic mass is 10.1. The van der Waals surface area contributed by atoms with Crippen molar-refractivity contribution in [2.75, 3.05) is 13.1 Å². The number of likely N-dealkylation sites (tertiary alicyclic amines) is 1. The molecule has 1 aliphatic heterocycles. The van der Waals surface area contributed by atoms with Crippen molar-refractivity contribution in [1.82, 2.24) is 19.4 Å². The zero-order valence-electron chi connectivity index (χ0n) is 17.0. The number of benzene rings is 1. The average molecular weight is 419 g/mol. The first-order valence-corrected chi connectivity index (χ1v) is 11.0. The molecule has 0 aliphatic carbocycles. The van der Waals surface area contributed by atoms with Crippen LogP contribution < -0.4 is 5.56 Å². The summed E-state index contributed by atoms with van der Waals surface area (Å²) in [5.74, 6) is -0.0480. The molecule has 0 N–H and O–H groups in total. The molecule has 1 fully saturated rings. The molecule has 1 atom stereocenters. The van der Waals surface area contributed by atoms with Gasteiger partial charge in [0.05, 0.1) is 11.8 Å². The van der Waals surface area contributed by atoms with Gasteiger partial charge in [0.2, 0.25) is 5.91 Å². The molecule has 1 aromatic carbocycles. The summed E-state index contributed by atoms with van der Waals surface area (Å²) in [7, 11) is 0. The van der Waals surface area contributed by atoms with Gasteiger partial charge in [0.1, 0.15) is 15.6 Å². The normalized spacial score (nSPS) is 15.2. The number of amides is 1. The van der Waals surface area contributed by atoms with Crippen LogP contribution in [0.15, 0.2) is 47.5 Å². The Kier molecular flexibility index (Phi) is 4.62. The first kappa shape index (κ1) is 18.9. The lowest BCUT2D eigenvalue weighted by Crippen LogP contribution is -2.39. The smallest absolute Gasteiger partial charge is 0.272 e. The molecule has 7 heteroatoms. The van der Waals surface area contributed by atoms with Crippen LogP contribution in [0.5, 0.6) is 0 Å². The van der Waals surface area contributed by atoms with Crippen molar-refractivity contribution in [2.24, 2.45) is 0 Å². The van der Waals surface area contributed by atoms with Crippen molar-refractivity contribution in [3.63, 3.8) is 0 Å². The highest BCUT2D eigenvalue weighted by atomic mass is 32.1. The van der Waals surface area contributed by atoms with Gasteiger partial charge in [0.15, 0.2) is 0 Å². The predicted molar refractivity (Wildman–Crippen MR) is 119 cm³/mol. The van der Waals surface area contributed by atoms with Gasteiger partial charge in [-0.15, -0.1) is 11.3 Å². The van der Waals surface area contributed by atoms with E-state index in [0.717, 1.165) is 53.0 Å². The van der Waals surface area contributed by atoms with E-state index in [0.29, 0.717) is 10.2 Å². The summed E-state index contributed by atoms with van der Waals surface area (Å²) >= 11 is 1.36. The van der Waals surface area contributed by atoms with Crippen molar-refractivity contribution >= 4 is 37.7 Å². The first-order valence-electron chi connectivity index (χ1n) is 10.2. The Morgan fingerprint density at radius 2 is 1.87 bits per heavy atom. The molecular weight excluding hydrogens is 396 g/mol. The fourth-order valence-corrected chi connectivity index (χ4v) is 5.52. The fraction of sp³-hybridized carbons (Fsp3) is 0.304. The number of carbonyl (C=O) groups excluding carboxylic acids is 1. The maximum Gasteiger partial charge on any atom is 0.272 e. The minimum atomic E-state index is -0.713. The van der Waals surface area contributed by atoms with E-state index in [2.05, 4.69) is 9.97 Å². The lowest BCUT2D eigenvalue weighted by Gasteiger charge is -2.25. The summed E-state index contributed by atoms with van der Waals surface area (Å²) in [6.07, 6.45) is 3.53. The molecule has 4 heterocycles. The number of fused-ring (bicyclic) bond motifs is 3. The lowest BCUT2D eigenvalue weighted by molar-refractivity contribution is -0.132. The van der Waals surface area contributed by atoms with Gasteiger partial charge in [-0.3, -0.25) is 14.2 Å². The van der Waals surface area contributed by atoms with Crippen LogP contribution in [0.4, 0.5) is 0 Å². The summed E-state index contributed by atoms with van der Waals surface area (Å²) in [6, 6.07) is 10.8. The van der Waals surface area contributed by atoms with Crippen molar-refractivity contribution < 1.29 is 4.79 Å². The Hall–Kier alpha value is -3.06. The second-order valence-corrected chi connectivity index (χ2v) is 8.84. The second-order valence-electron chi connectivity index (χ2n) is 7.84. The zero-order valence-corrected chi connectivity index (χ0v) is 17.8. The standard InChI is InChI=1S/C23H22N4O2S/c1-14-12-15(2)25-21-17(14)18-20(30-21)23(29)27(13-24-18)19(16-8-4-3-5-9-16)22(28)26-10-6-7-11-26/h3-5,8-9,12-13,19H,6-7,10-11H2,1-2H3/t19-/m0/s1. The molecule has 0 saturated carbocycles. The molecule has 0 spiro atoms. The number of hydrogen-bond acceptors (Lipinski definition) is 5. The average Bonchev–Trinajstić information content (AvgIpc) is 3.39. The first-order chi connectivity index (χ1) is 14.5. The van der Waals surface area contributed by atoms with Crippen LogP contribution in [0, 0.1) is 13.8 Å². The quantitative estimate of drug-likeness (QED) is 0.507. The number of aromatic nitrogens is 3. The van der Waals surface area contributed by atoms with Crippen molar-refractivity contribution in [2.45, 2.75) is 32.7 Å². The highest BCUT2D eigenvalue weighted by Crippen LogP contribution is 2.32. The second kappa shape index (κ2) is 7.32. The van der Waals surface area contributed by atoms with Crippen LogP contribution in [-0.4, -0.2) is 38.4 Å². The summed E-state index contributed by atoms with van der Waals surface area (Å²) in [5, 5.41) is 0.923. The molecular formula is C23H22N4O2S. The zero-order chi connectivity index (χ0) is 20.8. The molecule has 0 bridgehead atoms. The highest BCUT2D eigenvalue weighted by molar-refractivity contribution is 7.25. The number of nitrogens with zero attached hydrogens (tertiary/aromatic N) is 4. The van der Waals surface area contributed by atoms with E-state index in [-0.39, 0.29) is 11.5 Å². The monoisotopic (exact) mass is 418 g/mol. The SMILES string of the molecule is Cc1cc(C)c2c(n1)sc1c(=O)n([C@H](C(=O)N3CCCC3)c3ccccc3)cnc12. The van der Waals surface area contributed by atoms with Gasteiger partial charge in [0.25, 0.3) is 5.56 Å². The van der Waals surface area contributed by atoms with E-state index in [9.17, 15) is 9.59 Å². The molecule has 1 saturated heterocycles. The summed E-state index contributed by atoms with van der Waals surface area (Å²) in [4.78, 5) is 38.9. The topological polar surface area (TPSA) is 68.1 Å². The third-order valence-corrected chi connectivity index (χ3v) is 6.81. The van der Waals surface area contributed by atoms with Crippen molar-refractivity contribution in [1.29, 1.82) is 0 Å². The summed E-state index contributed by atoms with van der Waals surface area (Å²) in [5.41, 5.74) is 3.24. The van der Waals surface area contributed by atoms with Crippen LogP contribution in [0.25, 0.3) is 20.4 Å². The molecule has 3 aromatic heterocycles. The van der Waals surface area contributed by atoms with E-state index in [1.165, 1.54) is 22.2 Å². The van der Waals surface area contributed by atoms with Crippen LogP contribution in [0.2, 0.25) is 0 Å². The van der Waals surface area contributed by atoms with Gasteiger partial charge >= 0.3 is 0 Å². The van der Waals surface area contributed by atoms with Crippen LogP contribution in [0.1, 0.15) is 35.7 Å². The third kappa shape index (κ3) is 3.01. The molecule has 0 radical (unpaired) electrons. The van der Waals surface area contributed by atoms with Gasteiger partial charge < -0.3 is 4.90 Å². The van der Waals surface area contributed by atoms with Crippen molar-refractivity contribution in [3.05, 3.63) is 69.9 Å². The minimum absolute atomic E-state index is 0.0480. The molecule has 152 valence electrons. The predicted octanol–water partition coefficient (Wildman–Crippen LogP) is 3.83. The van der Waals surface area contributed by atoms with Gasteiger partial charge in [-0.25, -0.2) is 9.97 Å². The largest absolute Gasteiger partial charge is 0.341 e. The van der Waals surface area contributed by atoms with Crippen LogP contribution in [0.3, 0.4) is 0 Å². The maximum atomic E-state index is 13.6. The van der Waals surface area contributed by atoms with Gasteiger partial charge in [-0.1, -0.05) is 30.3 Å². The van der Waals surface area contributed by atoms with Gasteiger partial charge in [0, 0.05) is 24.2 Å². The molecule has 1 amide bonds. The Morgan fingerprint density at radius 3 is 2.60 bits per heavy atom. The maximum absolute atomic E-state index is 13.6. The van der Waals surface area contributed by atoms with E-state index in [4.69, 9.17) is 0 Å². The molecule has 6 nitrogen and oxygen atoms in total. The number of pyridine rings is 1. The Labute approximate surface area is 177 Å². The van der Waals surface area contributed by atoms with E-state index >= 15 is 0 Å². The number of rotatable bonds is 3. The van der Waals surface area contributed by atoms with Crippen LogP contribution in [-0.2, 0) is 4.79 Å². The Morgan fingerprint density at radius 1 is 1.13 bits per heavy atom. The van der Waals surface area contributed by atoms with E-state index in [1.807, 2.05) is 55.1 Å². The molecule has 4 aromatic rings. The number of carbonyl (C=O) groups is 1. The number of aryl methyl sites for hydroxylation is 2. The van der Waals surface area contributed by atoms with Crippen LogP contribution >= 0.6 is 11.3 Å². The summed E-state index contributed by atoms with van der Waals surface area (Å²) in [6.45, 7) is 5.43. The van der Waals surface area contributed by atoms with Gasteiger partial charge in [-0.2, -0.15) is 0 Å². The Bertz CT molecular complexity index is 1320.